The van der Waals surface area contributed by atoms with Gasteiger partial charge in [-0.05, 0) is 42.3 Å². The van der Waals surface area contributed by atoms with Crippen molar-refractivity contribution >= 4 is 28.9 Å². The van der Waals surface area contributed by atoms with Crippen molar-refractivity contribution < 1.29 is 4.79 Å². The summed E-state index contributed by atoms with van der Waals surface area (Å²) >= 11 is 5.87. The highest BCUT2D eigenvalue weighted by atomic mass is 35.5. The molecule has 1 aromatic heterocycles. The Balaban J connectivity index is 1.56. The summed E-state index contributed by atoms with van der Waals surface area (Å²) in [5.74, 6) is -0.141. The summed E-state index contributed by atoms with van der Waals surface area (Å²) in [5, 5.41) is 6.85. The number of benzene rings is 2. The lowest BCUT2D eigenvalue weighted by molar-refractivity contribution is 0.0954. The zero-order chi connectivity index (χ0) is 17.5. The van der Waals surface area contributed by atoms with Crippen molar-refractivity contribution in [1.82, 2.24) is 10.3 Å². The molecular formula is C20H18ClN3O. The third kappa shape index (κ3) is 5.06. The molecule has 0 atom stereocenters. The molecule has 0 spiro atoms. The van der Waals surface area contributed by atoms with Gasteiger partial charge in [-0.3, -0.25) is 9.78 Å². The molecule has 0 saturated heterocycles. The molecule has 0 aliphatic heterocycles. The van der Waals surface area contributed by atoms with Crippen LogP contribution in [0.15, 0.2) is 73.1 Å². The van der Waals surface area contributed by atoms with E-state index in [0.717, 1.165) is 23.4 Å². The van der Waals surface area contributed by atoms with Gasteiger partial charge >= 0.3 is 0 Å². The Bertz CT molecular complexity index is 835. The number of amides is 1. The fraction of sp³-hybridized carbons (Fsp3) is 0.100. The maximum Gasteiger partial charge on any atom is 0.252 e. The fourth-order valence-corrected chi connectivity index (χ4v) is 2.52. The van der Waals surface area contributed by atoms with Gasteiger partial charge in [0, 0.05) is 23.5 Å². The van der Waals surface area contributed by atoms with Crippen LogP contribution in [0.5, 0.6) is 0 Å². The smallest absolute Gasteiger partial charge is 0.252 e. The molecule has 0 unspecified atom stereocenters. The normalized spacial score (nSPS) is 10.3. The van der Waals surface area contributed by atoms with Crippen molar-refractivity contribution in [2.24, 2.45) is 0 Å². The molecule has 126 valence electrons. The van der Waals surface area contributed by atoms with Crippen molar-refractivity contribution in [2.75, 3.05) is 11.9 Å². The first kappa shape index (κ1) is 17.0. The molecule has 0 bridgehead atoms. The van der Waals surface area contributed by atoms with E-state index < -0.39 is 0 Å². The number of aromatic nitrogens is 1. The fourth-order valence-electron chi connectivity index (χ4n) is 2.39. The van der Waals surface area contributed by atoms with Crippen LogP contribution in [0.3, 0.4) is 0 Å². The van der Waals surface area contributed by atoms with Gasteiger partial charge in [0.1, 0.15) is 0 Å². The Kier molecular flexibility index (Phi) is 5.65. The van der Waals surface area contributed by atoms with E-state index in [4.69, 9.17) is 11.6 Å². The van der Waals surface area contributed by atoms with Crippen LogP contribution >= 0.6 is 11.6 Å². The molecule has 0 aliphatic rings. The first-order valence-electron chi connectivity index (χ1n) is 8.00. The molecular weight excluding hydrogens is 334 g/mol. The zero-order valence-corrected chi connectivity index (χ0v) is 14.3. The van der Waals surface area contributed by atoms with Crippen LogP contribution in [-0.4, -0.2) is 17.4 Å². The number of pyridine rings is 1. The predicted octanol–water partition coefficient (Wildman–Crippen LogP) is 4.45. The summed E-state index contributed by atoms with van der Waals surface area (Å²) in [6, 6.07) is 19.2. The molecule has 3 rings (SSSR count). The van der Waals surface area contributed by atoms with Crippen molar-refractivity contribution in [2.45, 2.75) is 6.42 Å². The number of halogens is 1. The lowest BCUT2D eigenvalue weighted by atomic mass is 10.1. The van der Waals surface area contributed by atoms with Gasteiger partial charge in [-0.1, -0.05) is 41.9 Å². The average molecular weight is 352 g/mol. The molecule has 0 saturated carbocycles. The molecule has 2 N–H and O–H groups in total. The minimum atomic E-state index is -0.141. The minimum absolute atomic E-state index is 0.141. The Hall–Kier alpha value is -2.85. The number of para-hydroxylation sites is 1. The molecule has 3 aromatic rings. The van der Waals surface area contributed by atoms with Gasteiger partial charge in [-0.15, -0.1) is 0 Å². The van der Waals surface area contributed by atoms with Crippen LogP contribution in [0.4, 0.5) is 11.4 Å². The van der Waals surface area contributed by atoms with Gasteiger partial charge in [0.15, 0.2) is 0 Å². The summed E-state index contributed by atoms with van der Waals surface area (Å²) in [6.07, 6.45) is 4.00. The lowest BCUT2D eigenvalue weighted by Crippen LogP contribution is -2.25. The number of anilines is 2. The summed E-state index contributed by atoms with van der Waals surface area (Å²) in [6.45, 7) is 0.552. The van der Waals surface area contributed by atoms with E-state index in [-0.39, 0.29) is 5.91 Å². The average Bonchev–Trinajstić information content (AvgIpc) is 2.64. The lowest BCUT2D eigenvalue weighted by Gasteiger charge is -2.09. The third-order valence-corrected chi connectivity index (χ3v) is 3.93. The van der Waals surface area contributed by atoms with Crippen LogP contribution < -0.4 is 10.6 Å². The molecule has 5 heteroatoms. The first-order valence-corrected chi connectivity index (χ1v) is 8.38. The van der Waals surface area contributed by atoms with Gasteiger partial charge in [-0.25, -0.2) is 0 Å². The highest BCUT2D eigenvalue weighted by Gasteiger charge is 2.07. The molecule has 1 amide bonds. The highest BCUT2D eigenvalue weighted by molar-refractivity contribution is 6.30. The van der Waals surface area contributed by atoms with E-state index in [1.165, 1.54) is 0 Å². The van der Waals surface area contributed by atoms with Crippen LogP contribution in [0.2, 0.25) is 5.02 Å². The van der Waals surface area contributed by atoms with E-state index in [9.17, 15) is 4.79 Å². The Morgan fingerprint density at radius 1 is 0.960 bits per heavy atom. The Morgan fingerprint density at radius 3 is 2.48 bits per heavy atom. The van der Waals surface area contributed by atoms with Gasteiger partial charge in [0.2, 0.25) is 0 Å². The summed E-state index contributed by atoms with van der Waals surface area (Å²) < 4.78 is 0. The summed E-state index contributed by atoms with van der Waals surface area (Å²) in [5.41, 5.74) is 3.38. The highest BCUT2D eigenvalue weighted by Crippen LogP contribution is 2.16. The topological polar surface area (TPSA) is 54.0 Å². The van der Waals surface area contributed by atoms with E-state index in [1.807, 2.05) is 54.6 Å². The second kappa shape index (κ2) is 8.31. The van der Waals surface area contributed by atoms with E-state index in [0.29, 0.717) is 17.1 Å². The molecule has 0 fully saturated rings. The van der Waals surface area contributed by atoms with Gasteiger partial charge in [0.05, 0.1) is 17.4 Å². The molecule has 4 nitrogen and oxygen atoms in total. The number of nitrogens with one attached hydrogen (secondary N) is 2. The first-order chi connectivity index (χ1) is 12.2. The second-order valence-electron chi connectivity index (χ2n) is 5.59. The van der Waals surface area contributed by atoms with Gasteiger partial charge in [0.25, 0.3) is 5.91 Å². The largest absolute Gasteiger partial charge is 0.354 e. The Labute approximate surface area is 151 Å². The standard InChI is InChI=1S/C20H18ClN3O/c21-17-8-6-15(7-9-17)10-11-23-20(25)16-12-19(14-22-13-16)24-18-4-2-1-3-5-18/h1-9,12-14,24H,10-11H2,(H,23,25). The third-order valence-electron chi connectivity index (χ3n) is 3.68. The van der Waals surface area contributed by atoms with Crippen molar-refractivity contribution in [3.05, 3.63) is 89.2 Å². The monoisotopic (exact) mass is 351 g/mol. The zero-order valence-electron chi connectivity index (χ0n) is 13.6. The summed E-state index contributed by atoms with van der Waals surface area (Å²) in [7, 11) is 0. The number of hydrogen-bond acceptors (Lipinski definition) is 3. The number of carbonyl (C=O) groups is 1. The second-order valence-corrected chi connectivity index (χ2v) is 6.02. The van der Waals surface area contributed by atoms with Crippen LogP contribution in [0.25, 0.3) is 0 Å². The van der Waals surface area contributed by atoms with Crippen molar-refractivity contribution in [1.29, 1.82) is 0 Å². The molecule has 1 heterocycles. The molecule has 25 heavy (non-hydrogen) atoms. The summed E-state index contributed by atoms with van der Waals surface area (Å²) in [4.78, 5) is 16.4. The van der Waals surface area contributed by atoms with Gasteiger partial charge in [-0.2, -0.15) is 0 Å². The van der Waals surface area contributed by atoms with Gasteiger partial charge < -0.3 is 10.6 Å². The van der Waals surface area contributed by atoms with Crippen molar-refractivity contribution in [3.63, 3.8) is 0 Å². The van der Waals surface area contributed by atoms with Crippen molar-refractivity contribution in [3.8, 4) is 0 Å². The predicted molar refractivity (Wildman–Crippen MR) is 101 cm³/mol. The van der Waals surface area contributed by atoms with E-state index in [2.05, 4.69) is 15.6 Å². The van der Waals surface area contributed by atoms with Crippen LogP contribution in [-0.2, 0) is 6.42 Å². The molecule has 0 radical (unpaired) electrons. The maximum atomic E-state index is 12.3. The molecule has 0 aliphatic carbocycles. The van der Waals surface area contributed by atoms with E-state index >= 15 is 0 Å². The van der Waals surface area contributed by atoms with E-state index in [1.54, 1.807) is 18.5 Å². The van der Waals surface area contributed by atoms with Crippen LogP contribution in [0, 0.1) is 0 Å². The maximum absolute atomic E-state index is 12.3. The number of nitrogens with zero attached hydrogens (tertiary/aromatic N) is 1. The number of hydrogen-bond donors (Lipinski definition) is 2. The Morgan fingerprint density at radius 2 is 1.72 bits per heavy atom. The van der Waals surface area contributed by atoms with Crippen LogP contribution in [0.1, 0.15) is 15.9 Å². The SMILES string of the molecule is O=C(NCCc1ccc(Cl)cc1)c1cncc(Nc2ccccc2)c1. The minimum Gasteiger partial charge on any atom is -0.354 e. The number of carbonyl (C=O) groups excluding carboxylic acids is 1. The quantitative estimate of drug-likeness (QED) is 0.689. The number of rotatable bonds is 6. The molecule has 2 aromatic carbocycles.